The smallest absolute Gasteiger partial charge is 0.308 e. The largest absolute Gasteiger partial charge is 0.457 e. The molecule has 2 unspecified atom stereocenters. The van der Waals surface area contributed by atoms with Crippen LogP contribution in [-0.4, -0.2) is 61.8 Å². The molecule has 0 bridgehead atoms. The SMILES string of the molecule is CC(CC(=O)O[C@H]1CO[C@H]2[C@@H]1OC[C@H]2OC(=O)CC(C)OCc1ccccc1)OCc1ccccc1. The van der Waals surface area contributed by atoms with E-state index in [9.17, 15) is 9.59 Å². The van der Waals surface area contributed by atoms with Gasteiger partial charge in [-0.1, -0.05) is 60.7 Å². The van der Waals surface area contributed by atoms with Gasteiger partial charge in [-0.05, 0) is 25.0 Å². The highest BCUT2D eigenvalue weighted by Gasteiger charge is 2.51. The number of carbonyl (C=O) groups excluding carboxylic acids is 2. The first-order valence-electron chi connectivity index (χ1n) is 12.4. The van der Waals surface area contributed by atoms with Crippen molar-refractivity contribution in [2.45, 2.75) is 76.5 Å². The van der Waals surface area contributed by atoms with Crippen molar-refractivity contribution in [2.24, 2.45) is 0 Å². The summed E-state index contributed by atoms with van der Waals surface area (Å²) in [5, 5.41) is 0. The van der Waals surface area contributed by atoms with Gasteiger partial charge >= 0.3 is 11.9 Å². The molecule has 6 atom stereocenters. The van der Waals surface area contributed by atoms with Crippen molar-refractivity contribution in [1.29, 1.82) is 0 Å². The van der Waals surface area contributed by atoms with E-state index < -0.39 is 24.4 Å². The Morgan fingerprint density at radius 1 is 0.722 bits per heavy atom. The summed E-state index contributed by atoms with van der Waals surface area (Å²) in [5.41, 5.74) is 2.09. The average molecular weight is 499 g/mol. The maximum absolute atomic E-state index is 12.4. The first kappa shape index (κ1) is 26.3. The van der Waals surface area contributed by atoms with Gasteiger partial charge in [0.05, 0.1) is 51.5 Å². The van der Waals surface area contributed by atoms with E-state index in [1.165, 1.54) is 0 Å². The lowest BCUT2D eigenvalue weighted by Gasteiger charge is -2.19. The fraction of sp³-hybridized carbons (Fsp3) is 0.500. The zero-order chi connectivity index (χ0) is 25.3. The Morgan fingerprint density at radius 2 is 1.11 bits per heavy atom. The van der Waals surface area contributed by atoms with Gasteiger partial charge in [0.1, 0.15) is 12.2 Å². The van der Waals surface area contributed by atoms with Crippen LogP contribution in [0.25, 0.3) is 0 Å². The van der Waals surface area contributed by atoms with Gasteiger partial charge in [-0.3, -0.25) is 9.59 Å². The Balaban J connectivity index is 1.15. The lowest BCUT2D eigenvalue weighted by atomic mass is 10.1. The predicted octanol–water partition coefficient (Wildman–Crippen LogP) is 3.60. The molecule has 4 rings (SSSR count). The molecule has 2 aromatic rings. The number of hydrogen-bond donors (Lipinski definition) is 0. The number of rotatable bonds is 12. The van der Waals surface area contributed by atoms with Crippen LogP contribution in [0, 0.1) is 0 Å². The second-order valence-corrected chi connectivity index (χ2v) is 9.28. The van der Waals surface area contributed by atoms with Crippen LogP contribution >= 0.6 is 0 Å². The molecule has 36 heavy (non-hydrogen) atoms. The van der Waals surface area contributed by atoms with Crippen LogP contribution in [0.1, 0.15) is 37.8 Å². The van der Waals surface area contributed by atoms with Crippen LogP contribution in [-0.2, 0) is 51.2 Å². The molecular weight excluding hydrogens is 464 g/mol. The quantitative estimate of drug-likeness (QED) is 0.410. The van der Waals surface area contributed by atoms with E-state index in [2.05, 4.69) is 0 Å². The highest BCUT2D eigenvalue weighted by atomic mass is 16.7. The van der Waals surface area contributed by atoms with Crippen molar-refractivity contribution in [2.75, 3.05) is 13.2 Å². The van der Waals surface area contributed by atoms with E-state index >= 15 is 0 Å². The fourth-order valence-corrected chi connectivity index (χ4v) is 4.28. The van der Waals surface area contributed by atoms with Crippen LogP contribution in [0.5, 0.6) is 0 Å². The Hall–Kier alpha value is -2.78. The molecule has 0 N–H and O–H groups in total. The minimum absolute atomic E-state index is 0.125. The summed E-state index contributed by atoms with van der Waals surface area (Å²) >= 11 is 0. The topological polar surface area (TPSA) is 89.5 Å². The molecule has 0 aliphatic carbocycles. The number of fused-ring (bicyclic) bond motifs is 1. The summed E-state index contributed by atoms with van der Waals surface area (Å²) in [7, 11) is 0. The maximum Gasteiger partial charge on any atom is 0.308 e. The van der Waals surface area contributed by atoms with Gasteiger partial charge in [0.25, 0.3) is 0 Å². The average Bonchev–Trinajstić information content (AvgIpc) is 3.46. The van der Waals surface area contributed by atoms with Gasteiger partial charge in [0, 0.05) is 0 Å². The maximum atomic E-state index is 12.4. The van der Waals surface area contributed by atoms with Gasteiger partial charge in [-0.25, -0.2) is 0 Å². The predicted molar refractivity (Wildman–Crippen MR) is 130 cm³/mol. The number of esters is 2. The molecular formula is C28H34O8. The molecule has 0 radical (unpaired) electrons. The molecule has 2 saturated heterocycles. The van der Waals surface area contributed by atoms with Crippen molar-refractivity contribution in [3.63, 3.8) is 0 Å². The summed E-state index contributed by atoms with van der Waals surface area (Å²) < 4.78 is 34.3. The number of carbonyl (C=O) groups is 2. The Morgan fingerprint density at radius 3 is 1.50 bits per heavy atom. The molecule has 2 aliphatic rings. The molecule has 8 nitrogen and oxygen atoms in total. The van der Waals surface area contributed by atoms with Gasteiger partial charge in [0.15, 0.2) is 12.2 Å². The van der Waals surface area contributed by atoms with Crippen LogP contribution in [0.2, 0.25) is 0 Å². The standard InChI is InChI=1S/C28H34O8/c1-19(31-15-21-9-5-3-6-10-21)13-25(29)35-23-17-33-28-24(18-34-27(23)28)36-26(30)14-20(2)32-16-22-11-7-4-8-12-22/h3-12,19-20,23-24,27-28H,13-18H2,1-2H3/t19?,20?,23-,24+,27-,28-/m1/s1. The van der Waals surface area contributed by atoms with Crippen molar-refractivity contribution in [3.05, 3.63) is 71.8 Å². The van der Waals surface area contributed by atoms with Crippen LogP contribution in [0.15, 0.2) is 60.7 Å². The van der Waals surface area contributed by atoms with E-state index in [-0.39, 0.29) is 50.2 Å². The van der Waals surface area contributed by atoms with Gasteiger partial charge in [0.2, 0.25) is 0 Å². The molecule has 0 amide bonds. The minimum Gasteiger partial charge on any atom is -0.457 e. The summed E-state index contributed by atoms with van der Waals surface area (Å²) in [6.45, 7) is 4.93. The monoisotopic (exact) mass is 498 g/mol. The lowest BCUT2D eigenvalue weighted by Crippen LogP contribution is -2.36. The van der Waals surface area contributed by atoms with Gasteiger partial charge in [-0.15, -0.1) is 0 Å². The van der Waals surface area contributed by atoms with E-state index in [1.54, 1.807) is 0 Å². The second-order valence-electron chi connectivity index (χ2n) is 9.28. The normalized spacial score (nSPS) is 24.6. The van der Waals surface area contributed by atoms with Crippen molar-refractivity contribution in [1.82, 2.24) is 0 Å². The molecule has 2 aromatic carbocycles. The lowest BCUT2D eigenvalue weighted by molar-refractivity contribution is -0.158. The molecule has 194 valence electrons. The van der Waals surface area contributed by atoms with Crippen LogP contribution in [0.3, 0.4) is 0 Å². The molecule has 2 fully saturated rings. The highest BCUT2D eigenvalue weighted by Crippen LogP contribution is 2.31. The summed E-state index contributed by atoms with van der Waals surface area (Å²) in [6, 6.07) is 19.6. The van der Waals surface area contributed by atoms with Crippen molar-refractivity contribution < 1.29 is 38.0 Å². The zero-order valence-electron chi connectivity index (χ0n) is 20.7. The second kappa shape index (κ2) is 13.0. The zero-order valence-corrected chi connectivity index (χ0v) is 20.7. The fourth-order valence-electron chi connectivity index (χ4n) is 4.28. The van der Waals surface area contributed by atoms with E-state index in [0.29, 0.717) is 13.2 Å². The van der Waals surface area contributed by atoms with Crippen LogP contribution < -0.4 is 0 Å². The first-order chi connectivity index (χ1) is 17.5. The molecule has 8 heteroatoms. The van der Waals surface area contributed by atoms with Crippen LogP contribution in [0.4, 0.5) is 0 Å². The van der Waals surface area contributed by atoms with E-state index in [4.69, 9.17) is 28.4 Å². The number of ether oxygens (including phenoxy) is 6. The van der Waals surface area contributed by atoms with Gasteiger partial charge in [-0.2, -0.15) is 0 Å². The number of hydrogen-bond acceptors (Lipinski definition) is 8. The highest BCUT2D eigenvalue weighted by molar-refractivity contribution is 5.70. The van der Waals surface area contributed by atoms with Gasteiger partial charge < -0.3 is 28.4 Å². The van der Waals surface area contributed by atoms with E-state index in [0.717, 1.165) is 11.1 Å². The molecule has 0 spiro atoms. The first-order valence-corrected chi connectivity index (χ1v) is 12.4. The minimum atomic E-state index is -0.541. The molecule has 2 heterocycles. The molecule has 0 aromatic heterocycles. The summed E-state index contributed by atoms with van der Waals surface area (Å²) in [5.74, 6) is -0.753. The third-order valence-corrected chi connectivity index (χ3v) is 6.19. The molecule has 2 aliphatic heterocycles. The molecule has 0 saturated carbocycles. The Kier molecular flexibility index (Phi) is 9.47. The number of benzene rings is 2. The summed E-state index contributed by atoms with van der Waals surface area (Å²) in [6.07, 6.45) is -2.33. The van der Waals surface area contributed by atoms with Crippen molar-refractivity contribution >= 4 is 11.9 Å². The third-order valence-electron chi connectivity index (χ3n) is 6.19. The Bertz CT molecular complexity index is 887. The third kappa shape index (κ3) is 7.61. The van der Waals surface area contributed by atoms with E-state index in [1.807, 2.05) is 74.5 Å². The van der Waals surface area contributed by atoms with Crippen molar-refractivity contribution in [3.8, 4) is 0 Å². The Labute approximate surface area is 211 Å². The summed E-state index contributed by atoms with van der Waals surface area (Å²) in [4.78, 5) is 24.9.